The number of unbranched alkanes of at least 4 members (excludes halogenated alkanes) is 4. The van der Waals surface area contributed by atoms with Gasteiger partial charge in [0.25, 0.3) is 0 Å². The molecule has 3 aliphatic rings. The third-order valence-corrected chi connectivity index (χ3v) is 8.11. The Kier molecular flexibility index (Phi) is 10.1. The lowest BCUT2D eigenvalue weighted by molar-refractivity contribution is 0.0513. The lowest BCUT2D eigenvalue weighted by atomic mass is 9.87. The first-order chi connectivity index (χ1) is 15.0. The molecule has 1 saturated carbocycles. The lowest BCUT2D eigenvalue weighted by Gasteiger charge is -2.26. The molecule has 1 aliphatic heterocycles. The van der Waals surface area contributed by atoms with Crippen LogP contribution in [0, 0.1) is 17.8 Å². The standard InChI is InChI=1S/C28H49NO2/c1-3-4-15-28(2,31)16-12-14-25-26-21-23(20-24(26)22-27(25)30)13-8-5-6-9-17-29-18-10-7-11-19-29/h12,14,20,24-27,30-31H,3-11,13,15-19,21-22H2,1-2H3/t24-,25+,26-,27+,28-/m0/s1. The number of hydrogen-bond donors (Lipinski definition) is 2. The fraction of sp³-hybridized carbons (Fsp3) is 0.857. The number of allylic oxidation sites excluding steroid dienone is 2. The van der Waals surface area contributed by atoms with Gasteiger partial charge in [-0.05, 0) is 96.2 Å². The highest BCUT2D eigenvalue weighted by Crippen LogP contribution is 2.48. The summed E-state index contributed by atoms with van der Waals surface area (Å²) in [6, 6.07) is 0. The molecule has 0 aromatic carbocycles. The van der Waals surface area contributed by atoms with E-state index in [4.69, 9.17) is 0 Å². The van der Waals surface area contributed by atoms with E-state index in [1.165, 1.54) is 77.4 Å². The number of likely N-dealkylation sites (tertiary alicyclic amines) is 1. The van der Waals surface area contributed by atoms with Crippen molar-refractivity contribution >= 4 is 0 Å². The molecule has 0 amide bonds. The Hall–Kier alpha value is -0.640. The van der Waals surface area contributed by atoms with E-state index >= 15 is 0 Å². The molecule has 0 unspecified atom stereocenters. The second-order valence-corrected chi connectivity index (χ2v) is 11.0. The Morgan fingerprint density at radius 2 is 1.87 bits per heavy atom. The SMILES string of the molecule is CCCC[C@](C)(O)CC=C[C@@H]1[C@H]2CC(CCCCCCN3CCCCC3)=C[C@H]2C[C@H]1O. The van der Waals surface area contributed by atoms with E-state index in [-0.39, 0.29) is 12.0 Å². The van der Waals surface area contributed by atoms with Gasteiger partial charge >= 0.3 is 0 Å². The van der Waals surface area contributed by atoms with Crippen LogP contribution in [0.1, 0.15) is 104 Å². The first-order valence-corrected chi connectivity index (χ1v) is 13.5. The second-order valence-electron chi connectivity index (χ2n) is 11.0. The molecule has 31 heavy (non-hydrogen) atoms. The van der Waals surface area contributed by atoms with Crippen molar-refractivity contribution in [2.75, 3.05) is 19.6 Å². The molecular weight excluding hydrogens is 382 g/mol. The Balaban J connectivity index is 1.33. The number of piperidine rings is 1. The first kappa shape index (κ1) is 25.0. The maximum Gasteiger partial charge on any atom is 0.0654 e. The molecule has 0 spiro atoms. The van der Waals surface area contributed by atoms with Crippen molar-refractivity contribution in [3.05, 3.63) is 23.8 Å². The minimum Gasteiger partial charge on any atom is -0.392 e. The summed E-state index contributed by atoms with van der Waals surface area (Å²) in [7, 11) is 0. The summed E-state index contributed by atoms with van der Waals surface area (Å²) in [6.07, 6.45) is 23.4. The van der Waals surface area contributed by atoms with E-state index in [0.29, 0.717) is 18.3 Å². The van der Waals surface area contributed by atoms with Crippen LogP contribution in [0.25, 0.3) is 0 Å². The van der Waals surface area contributed by atoms with Crippen molar-refractivity contribution in [3.8, 4) is 0 Å². The van der Waals surface area contributed by atoms with Crippen LogP contribution < -0.4 is 0 Å². The van der Waals surface area contributed by atoms with Crippen LogP contribution >= 0.6 is 0 Å². The van der Waals surface area contributed by atoms with Gasteiger partial charge in [-0.15, -0.1) is 0 Å². The Labute approximate surface area is 192 Å². The molecule has 3 heteroatoms. The lowest BCUT2D eigenvalue weighted by Crippen LogP contribution is -2.30. The highest BCUT2D eigenvalue weighted by atomic mass is 16.3. The van der Waals surface area contributed by atoms with Crippen LogP contribution in [0.5, 0.6) is 0 Å². The Morgan fingerprint density at radius 3 is 2.65 bits per heavy atom. The zero-order chi connectivity index (χ0) is 22.1. The summed E-state index contributed by atoms with van der Waals surface area (Å²) in [4.78, 5) is 2.66. The fourth-order valence-corrected chi connectivity index (χ4v) is 6.15. The van der Waals surface area contributed by atoms with Crippen molar-refractivity contribution in [1.82, 2.24) is 4.90 Å². The van der Waals surface area contributed by atoms with Gasteiger partial charge in [0.2, 0.25) is 0 Å². The quantitative estimate of drug-likeness (QED) is 0.267. The molecule has 1 heterocycles. The summed E-state index contributed by atoms with van der Waals surface area (Å²) in [6.45, 7) is 8.08. The first-order valence-electron chi connectivity index (χ1n) is 13.5. The molecule has 5 atom stereocenters. The van der Waals surface area contributed by atoms with Gasteiger partial charge in [0.15, 0.2) is 0 Å². The fourth-order valence-electron chi connectivity index (χ4n) is 6.15. The summed E-state index contributed by atoms with van der Waals surface area (Å²) in [5.41, 5.74) is 1.04. The number of aliphatic hydroxyl groups excluding tert-OH is 1. The number of aliphatic hydroxyl groups is 2. The normalized spacial score (nSPS) is 31.2. The molecule has 0 aromatic heterocycles. The molecule has 178 valence electrons. The summed E-state index contributed by atoms with van der Waals surface area (Å²) >= 11 is 0. The van der Waals surface area contributed by atoms with Crippen LogP contribution in [0.2, 0.25) is 0 Å². The molecule has 2 aliphatic carbocycles. The van der Waals surface area contributed by atoms with Crippen LogP contribution in [0.3, 0.4) is 0 Å². The third kappa shape index (κ3) is 8.02. The number of nitrogens with zero attached hydrogens (tertiary/aromatic N) is 1. The van der Waals surface area contributed by atoms with Gasteiger partial charge in [-0.3, -0.25) is 0 Å². The summed E-state index contributed by atoms with van der Waals surface area (Å²) < 4.78 is 0. The average Bonchev–Trinajstić information content (AvgIpc) is 3.27. The van der Waals surface area contributed by atoms with Gasteiger partial charge in [0.05, 0.1) is 11.7 Å². The van der Waals surface area contributed by atoms with E-state index in [1.807, 2.05) is 6.92 Å². The number of rotatable bonds is 13. The zero-order valence-electron chi connectivity index (χ0n) is 20.4. The Morgan fingerprint density at radius 1 is 1.10 bits per heavy atom. The van der Waals surface area contributed by atoms with Gasteiger partial charge in [-0.1, -0.05) is 62.8 Å². The third-order valence-electron chi connectivity index (χ3n) is 8.11. The predicted molar refractivity (Wildman–Crippen MR) is 131 cm³/mol. The highest BCUT2D eigenvalue weighted by molar-refractivity contribution is 5.20. The highest BCUT2D eigenvalue weighted by Gasteiger charge is 2.43. The summed E-state index contributed by atoms with van der Waals surface area (Å²) in [5.74, 6) is 1.42. The molecule has 0 aromatic rings. The van der Waals surface area contributed by atoms with Gasteiger partial charge < -0.3 is 15.1 Å². The van der Waals surface area contributed by atoms with Gasteiger partial charge in [0, 0.05) is 5.92 Å². The smallest absolute Gasteiger partial charge is 0.0654 e. The molecule has 2 N–H and O–H groups in total. The van der Waals surface area contributed by atoms with Crippen molar-refractivity contribution in [2.24, 2.45) is 17.8 Å². The molecule has 0 bridgehead atoms. The molecular formula is C28H49NO2. The second kappa shape index (κ2) is 12.6. The largest absolute Gasteiger partial charge is 0.392 e. The number of fused-ring (bicyclic) bond motifs is 1. The van der Waals surface area contributed by atoms with Crippen LogP contribution in [-0.2, 0) is 0 Å². The monoisotopic (exact) mass is 431 g/mol. The molecule has 3 nitrogen and oxygen atoms in total. The van der Waals surface area contributed by atoms with E-state index in [2.05, 4.69) is 30.1 Å². The maximum atomic E-state index is 10.6. The minimum atomic E-state index is -0.609. The topological polar surface area (TPSA) is 43.7 Å². The molecule has 0 radical (unpaired) electrons. The van der Waals surface area contributed by atoms with E-state index in [9.17, 15) is 10.2 Å². The predicted octanol–water partition coefficient (Wildman–Crippen LogP) is 6.25. The van der Waals surface area contributed by atoms with Crippen molar-refractivity contribution in [3.63, 3.8) is 0 Å². The minimum absolute atomic E-state index is 0.209. The van der Waals surface area contributed by atoms with Gasteiger partial charge in [-0.25, -0.2) is 0 Å². The molecule has 1 saturated heterocycles. The van der Waals surface area contributed by atoms with Crippen LogP contribution in [-0.4, -0.2) is 46.5 Å². The Bertz CT molecular complexity index is 576. The van der Waals surface area contributed by atoms with E-state index < -0.39 is 5.60 Å². The molecule has 3 rings (SSSR count). The van der Waals surface area contributed by atoms with Crippen LogP contribution in [0.4, 0.5) is 0 Å². The molecule has 2 fully saturated rings. The number of hydrogen-bond acceptors (Lipinski definition) is 3. The van der Waals surface area contributed by atoms with E-state index in [0.717, 1.165) is 25.7 Å². The van der Waals surface area contributed by atoms with Gasteiger partial charge in [0.1, 0.15) is 0 Å². The van der Waals surface area contributed by atoms with E-state index in [1.54, 1.807) is 5.57 Å². The van der Waals surface area contributed by atoms with Crippen molar-refractivity contribution < 1.29 is 10.2 Å². The van der Waals surface area contributed by atoms with Gasteiger partial charge in [-0.2, -0.15) is 0 Å². The maximum absolute atomic E-state index is 10.6. The summed E-state index contributed by atoms with van der Waals surface area (Å²) in [5, 5.41) is 21.1. The average molecular weight is 432 g/mol. The van der Waals surface area contributed by atoms with Crippen molar-refractivity contribution in [1.29, 1.82) is 0 Å². The van der Waals surface area contributed by atoms with Crippen molar-refractivity contribution in [2.45, 2.75) is 115 Å². The van der Waals surface area contributed by atoms with Crippen LogP contribution in [0.15, 0.2) is 23.8 Å². The zero-order valence-corrected chi connectivity index (χ0v) is 20.4.